The Morgan fingerprint density at radius 1 is 1.25 bits per heavy atom. The smallest absolute Gasteiger partial charge is 0.442 e. The number of rotatable bonds is 9. The fraction of sp³-hybridized carbons (Fsp3) is 0.818. The first-order valence-electron chi connectivity index (χ1n) is 6.23. The topological polar surface area (TPSA) is 111 Å². The molecule has 0 aliphatic carbocycles. The number of Topliss-reactive ketones (excluding diaryl/α,β-unsaturated/α-hetero) is 1. The summed E-state index contributed by atoms with van der Waals surface area (Å²) < 4.78 is 25.2. The van der Waals surface area contributed by atoms with Crippen molar-refractivity contribution in [1.82, 2.24) is 5.32 Å². The Morgan fingerprint density at radius 2 is 1.85 bits per heavy atom. The lowest BCUT2D eigenvalue weighted by Gasteiger charge is -2.14. The molecule has 9 heteroatoms. The van der Waals surface area contributed by atoms with Crippen LogP contribution in [-0.2, 0) is 23.1 Å². The quantitative estimate of drug-likeness (QED) is 0.490. The van der Waals surface area contributed by atoms with Crippen LogP contribution in [0.15, 0.2) is 0 Å². The highest BCUT2D eigenvalue weighted by molar-refractivity contribution is 7.47. The minimum atomic E-state index is -4.10. The van der Waals surface area contributed by atoms with Crippen LogP contribution in [0.5, 0.6) is 0 Å². The highest BCUT2D eigenvalue weighted by Gasteiger charge is 2.22. The van der Waals surface area contributed by atoms with E-state index in [9.17, 15) is 19.0 Å². The highest BCUT2D eigenvalue weighted by Crippen LogP contribution is 2.44. The lowest BCUT2D eigenvalue weighted by atomic mass is 10.1. The number of amides is 1. The van der Waals surface area contributed by atoms with Gasteiger partial charge in [-0.1, -0.05) is 13.8 Å². The van der Waals surface area contributed by atoms with Crippen LogP contribution in [0.25, 0.3) is 0 Å². The molecule has 8 nitrogen and oxygen atoms in total. The maximum atomic E-state index is 11.3. The molecule has 20 heavy (non-hydrogen) atoms. The lowest BCUT2D eigenvalue weighted by molar-refractivity contribution is -0.124. The van der Waals surface area contributed by atoms with E-state index in [-0.39, 0.29) is 31.5 Å². The van der Waals surface area contributed by atoms with Gasteiger partial charge in [0.15, 0.2) is 12.4 Å². The summed E-state index contributed by atoms with van der Waals surface area (Å²) in [5, 5.41) is 2.28. The molecule has 1 amide bonds. The molecule has 0 saturated heterocycles. The minimum absolute atomic E-state index is 0.0410. The zero-order valence-corrected chi connectivity index (χ0v) is 13.0. The van der Waals surface area contributed by atoms with E-state index in [1.807, 2.05) is 0 Å². The molecular formula is C11H22NO7P. The molecule has 0 aromatic heterocycles. The molecule has 0 heterocycles. The van der Waals surface area contributed by atoms with Crippen molar-refractivity contribution in [3.63, 3.8) is 0 Å². The van der Waals surface area contributed by atoms with Gasteiger partial charge >= 0.3 is 13.9 Å². The Balaban J connectivity index is 3.77. The number of ether oxygens (including phenoxy) is 1. The fourth-order valence-corrected chi connectivity index (χ4v) is 1.88. The average Bonchev–Trinajstić information content (AvgIpc) is 2.29. The Morgan fingerprint density at radius 3 is 2.35 bits per heavy atom. The van der Waals surface area contributed by atoms with Crippen LogP contribution in [0.1, 0.15) is 27.7 Å². The van der Waals surface area contributed by atoms with E-state index in [4.69, 9.17) is 0 Å². The molecule has 0 saturated carbocycles. The molecular weight excluding hydrogens is 289 g/mol. The number of nitrogens with one attached hydrogen (secondary N) is 1. The van der Waals surface area contributed by atoms with E-state index in [1.165, 1.54) is 0 Å². The normalized spacial score (nSPS) is 14.2. The van der Waals surface area contributed by atoms with Gasteiger partial charge in [0.2, 0.25) is 0 Å². The first-order valence-corrected chi connectivity index (χ1v) is 7.72. The predicted octanol–water partition coefficient (Wildman–Crippen LogP) is 1.48. The van der Waals surface area contributed by atoms with Gasteiger partial charge < -0.3 is 14.9 Å². The number of carbonyl (C=O) groups excluding carboxylic acids is 2. The summed E-state index contributed by atoms with van der Waals surface area (Å²) in [6, 6.07) is 0. The largest absolute Gasteiger partial charge is 0.472 e. The molecule has 1 unspecified atom stereocenters. The molecule has 118 valence electrons. The fourth-order valence-electron chi connectivity index (χ4n) is 0.965. The molecule has 0 rings (SSSR count). The van der Waals surface area contributed by atoms with Gasteiger partial charge in [-0.2, -0.15) is 0 Å². The summed E-state index contributed by atoms with van der Waals surface area (Å²) in [7, 11) is -4.10. The Bertz CT molecular complexity index is 370. The summed E-state index contributed by atoms with van der Waals surface area (Å²) in [5.41, 5.74) is 0. The van der Waals surface area contributed by atoms with Gasteiger partial charge in [-0.25, -0.2) is 9.36 Å². The average molecular weight is 311 g/mol. The number of alkyl carbamates (subject to hydrolysis) is 1. The van der Waals surface area contributed by atoms with Crippen molar-refractivity contribution < 1.29 is 32.8 Å². The second kappa shape index (κ2) is 9.07. The number of ketones is 1. The van der Waals surface area contributed by atoms with Gasteiger partial charge in [0, 0.05) is 12.5 Å². The standard InChI is InChI=1S/C11H22NO7P/c1-8(2)10(13)7-17-11(14)12-5-6-18-20(15,16)19-9(3)4/h8-9H,5-7H2,1-4H3,(H,12,14)(H,15,16). The zero-order chi connectivity index (χ0) is 15.8. The van der Waals surface area contributed by atoms with Gasteiger partial charge in [-0.3, -0.25) is 13.8 Å². The Hall–Kier alpha value is -0.950. The van der Waals surface area contributed by atoms with Crippen LogP contribution >= 0.6 is 7.82 Å². The van der Waals surface area contributed by atoms with Gasteiger partial charge in [0.05, 0.1) is 12.7 Å². The summed E-state index contributed by atoms with van der Waals surface area (Å²) in [6.45, 7) is 6.02. The Labute approximate surface area is 118 Å². The molecule has 0 aliphatic heterocycles. The zero-order valence-electron chi connectivity index (χ0n) is 12.1. The van der Waals surface area contributed by atoms with Crippen molar-refractivity contribution in [1.29, 1.82) is 0 Å². The Kier molecular flexibility index (Phi) is 8.64. The van der Waals surface area contributed by atoms with Gasteiger partial charge in [0.25, 0.3) is 0 Å². The summed E-state index contributed by atoms with van der Waals surface area (Å²) in [5.74, 6) is -0.402. The monoisotopic (exact) mass is 311 g/mol. The van der Waals surface area contributed by atoms with Crippen LogP contribution < -0.4 is 5.32 Å². The number of phosphoric acid groups is 1. The van der Waals surface area contributed by atoms with Gasteiger partial charge in [-0.05, 0) is 13.8 Å². The molecule has 0 aromatic rings. The molecule has 0 spiro atoms. The van der Waals surface area contributed by atoms with Crippen molar-refractivity contribution in [2.75, 3.05) is 19.8 Å². The number of hydrogen-bond acceptors (Lipinski definition) is 6. The predicted molar refractivity (Wildman–Crippen MR) is 71.2 cm³/mol. The molecule has 2 N–H and O–H groups in total. The van der Waals surface area contributed by atoms with Gasteiger partial charge in [-0.15, -0.1) is 0 Å². The summed E-state index contributed by atoms with van der Waals surface area (Å²) >= 11 is 0. The third kappa shape index (κ3) is 9.91. The molecule has 0 radical (unpaired) electrons. The van der Waals surface area contributed by atoms with Crippen LogP contribution in [0.3, 0.4) is 0 Å². The van der Waals surface area contributed by atoms with E-state index in [1.54, 1.807) is 27.7 Å². The second-order valence-corrected chi connectivity index (χ2v) is 5.99. The second-order valence-electron chi connectivity index (χ2n) is 4.58. The van der Waals surface area contributed by atoms with Crippen molar-refractivity contribution in [3.8, 4) is 0 Å². The van der Waals surface area contributed by atoms with Crippen molar-refractivity contribution in [2.24, 2.45) is 5.92 Å². The van der Waals surface area contributed by atoms with Gasteiger partial charge in [0.1, 0.15) is 0 Å². The van der Waals surface area contributed by atoms with Crippen LogP contribution in [0.4, 0.5) is 4.79 Å². The van der Waals surface area contributed by atoms with E-state index in [0.717, 1.165) is 0 Å². The van der Waals surface area contributed by atoms with Crippen LogP contribution in [0, 0.1) is 5.92 Å². The first kappa shape index (κ1) is 19.1. The van der Waals surface area contributed by atoms with Crippen molar-refractivity contribution >= 4 is 19.7 Å². The van der Waals surface area contributed by atoms with Crippen molar-refractivity contribution in [3.05, 3.63) is 0 Å². The molecule has 0 bridgehead atoms. The maximum absolute atomic E-state index is 11.3. The van der Waals surface area contributed by atoms with E-state index >= 15 is 0 Å². The van der Waals surface area contributed by atoms with Crippen LogP contribution in [0.2, 0.25) is 0 Å². The lowest BCUT2D eigenvalue weighted by Crippen LogP contribution is -2.30. The third-order valence-electron chi connectivity index (χ3n) is 1.96. The highest BCUT2D eigenvalue weighted by atomic mass is 31.2. The molecule has 0 aliphatic rings. The number of hydrogen-bond donors (Lipinski definition) is 2. The molecule has 0 aromatic carbocycles. The molecule has 1 atom stereocenters. The van der Waals surface area contributed by atoms with E-state index in [0.29, 0.717) is 0 Å². The SMILES string of the molecule is CC(C)OP(=O)(O)OCCNC(=O)OCC(=O)C(C)C. The number of phosphoric ester groups is 1. The summed E-state index contributed by atoms with van der Waals surface area (Å²) in [4.78, 5) is 31.6. The van der Waals surface area contributed by atoms with Crippen molar-refractivity contribution in [2.45, 2.75) is 33.8 Å². The van der Waals surface area contributed by atoms with E-state index in [2.05, 4.69) is 19.1 Å². The minimum Gasteiger partial charge on any atom is -0.442 e. The third-order valence-corrected chi connectivity index (χ3v) is 3.16. The van der Waals surface area contributed by atoms with E-state index < -0.39 is 20.0 Å². The first-order chi connectivity index (χ1) is 9.14. The maximum Gasteiger partial charge on any atom is 0.472 e. The summed E-state index contributed by atoms with van der Waals surface area (Å²) in [6.07, 6.45) is -1.24. The molecule has 0 fully saturated rings. The number of carbonyl (C=O) groups is 2. The van der Waals surface area contributed by atoms with Crippen LogP contribution in [-0.4, -0.2) is 42.6 Å².